The molecule has 16 heavy (non-hydrogen) atoms. The molecule has 0 aliphatic carbocycles. The molecule has 0 saturated heterocycles. The van der Waals surface area contributed by atoms with Gasteiger partial charge >= 0.3 is 0 Å². The Bertz CT molecular complexity index is 335. The van der Waals surface area contributed by atoms with Crippen LogP contribution in [0.15, 0.2) is 24.3 Å². The lowest BCUT2D eigenvalue weighted by atomic mass is 10.1. The van der Waals surface area contributed by atoms with E-state index in [0.717, 1.165) is 18.7 Å². The highest BCUT2D eigenvalue weighted by Crippen LogP contribution is 2.07. The van der Waals surface area contributed by atoms with Gasteiger partial charge in [0.2, 0.25) is 5.91 Å². The maximum absolute atomic E-state index is 11.0. The van der Waals surface area contributed by atoms with Crippen molar-refractivity contribution < 1.29 is 4.79 Å². The highest BCUT2D eigenvalue weighted by atomic mass is 16.2. The van der Waals surface area contributed by atoms with Gasteiger partial charge in [-0.05, 0) is 24.7 Å². The number of hydrogen-bond donors (Lipinski definition) is 2. The Balaban J connectivity index is 2.57. The number of carbonyl (C=O) groups is 1. The minimum Gasteiger partial charge on any atom is -0.302 e. The van der Waals surface area contributed by atoms with Crippen molar-refractivity contribution in [3.63, 3.8) is 0 Å². The lowest BCUT2D eigenvalue weighted by Gasteiger charge is -2.13. The number of carbonyl (C=O) groups excluding carboxylic acids is 1. The van der Waals surface area contributed by atoms with Gasteiger partial charge in [0.1, 0.15) is 0 Å². The van der Waals surface area contributed by atoms with Crippen molar-refractivity contribution in [1.29, 1.82) is 0 Å². The van der Waals surface area contributed by atoms with E-state index in [1.165, 1.54) is 5.56 Å². The molecule has 0 saturated carbocycles. The number of hydrogen-bond acceptors (Lipinski definition) is 3. The van der Waals surface area contributed by atoms with Crippen molar-refractivity contribution in [2.75, 3.05) is 13.6 Å². The van der Waals surface area contributed by atoms with Gasteiger partial charge in [0.05, 0.1) is 6.42 Å². The van der Waals surface area contributed by atoms with E-state index in [1.807, 2.05) is 24.3 Å². The quantitative estimate of drug-likeness (QED) is 0.436. The Morgan fingerprint density at radius 3 is 2.38 bits per heavy atom. The first kappa shape index (κ1) is 12.7. The highest BCUT2D eigenvalue weighted by Gasteiger charge is 2.02. The lowest BCUT2D eigenvalue weighted by Crippen LogP contribution is -2.31. The Hall–Kier alpha value is -1.39. The van der Waals surface area contributed by atoms with E-state index in [2.05, 4.69) is 24.3 Å². The van der Waals surface area contributed by atoms with Gasteiger partial charge in [-0.15, -0.1) is 0 Å². The van der Waals surface area contributed by atoms with E-state index >= 15 is 0 Å². The van der Waals surface area contributed by atoms with E-state index in [-0.39, 0.29) is 5.91 Å². The molecule has 1 aromatic carbocycles. The Morgan fingerprint density at radius 1 is 1.31 bits per heavy atom. The van der Waals surface area contributed by atoms with Crippen molar-refractivity contribution in [3.05, 3.63) is 35.4 Å². The fraction of sp³-hybridized carbons (Fsp3) is 0.417. The summed E-state index contributed by atoms with van der Waals surface area (Å²) < 4.78 is 0. The zero-order valence-corrected chi connectivity index (χ0v) is 9.86. The topological polar surface area (TPSA) is 58.4 Å². The van der Waals surface area contributed by atoms with E-state index in [4.69, 9.17) is 5.84 Å². The summed E-state index contributed by atoms with van der Waals surface area (Å²) in [5.41, 5.74) is 4.35. The van der Waals surface area contributed by atoms with Gasteiger partial charge in [-0.2, -0.15) is 0 Å². The smallest absolute Gasteiger partial charge is 0.238 e. The average Bonchev–Trinajstić information content (AvgIpc) is 2.31. The molecule has 0 bridgehead atoms. The van der Waals surface area contributed by atoms with Gasteiger partial charge in [-0.25, -0.2) is 5.84 Å². The predicted octanol–water partition coefficient (Wildman–Crippen LogP) is 0.671. The first-order valence-corrected chi connectivity index (χ1v) is 5.41. The maximum atomic E-state index is 11.0. The molecule has 0 aliphatic rings. The van der Waals surface area contributed by atoms with E-state index < -0.39 is 0 Å². The van der Waals surface area contributed by atoms with E-state index in [1.54, 1.807) is 0 Å². The van der Waals surface area contributed by atoms with Crippen LogP contribution in [0, 0.1) is 0 Å². The van der Waals surface area contributed by atoms with Gasteiger partial charge in [0.15, 0.2) is 0 Å². The molecule has 4 heteroatoms. The molecule has 88 valence electrons. The van der Waals surface area contributed by atoms with Crippen molar-refractivity contribution in [3.8, 4) is 0 Å². The second-order valence-electron chi connectivity index (χ2n) is 3.89. The number of benzene rings is 1. The molecule has 4 nitrogen and oxygen atoms in total. The van der Waals surface area contributed by atoms with E-state index in [9.17, 15) is 4.79 Å². The van der Waals surface area contributed by atoms with Crippen LogP contribution in [-0.2, 0) is 17.8 Å². The van der Waals surface area contributed by atoms with Crippen LogP contribution in [0.3, 0.4) is 0 Å². The summed E-state index contributed by atoms with van der Waals surface area (Å²) in [6, 6.07) is 8.03. The van der Waals surface area contributed by atoms with Crippen molar-refractivity contribution in [2.45, 2.75) is 19.9 Å². The summed E-state index contributed by atoms with van der Waals surface area (Å²) in [5, 5.41) is 0. The summed E-state index contributed by atoms with van der Waals surface area (Å²) in [4.78, 5) is 13.3. The SMILES string of the molecule is CCN(C)Cc1ccc(CC(=O)NN)cc1. The van der Waals surface area contributed by atoms with Crippen molar-refractivity contribution >= 4 is 5.91 Å². The Morgan fingerprint density at radius 2 is 1.88 bits per heavy atom. The second kappa shape index (κ2) is 6.25. The van der Waals surface area contributed by atoms with Gasteiger partial charge in [0.25, 0.3) is 0 Å². The number of nitrogens with one attached hydrogen (secondary N) is 1. The molecule has 0 aromatic heterocycles. The molecular formula is C12H19N3O. The third-order valence-corrected chi connectivity index (χ3v) is 2.54. The van der Waals surface area contributed by atoms with Crippen LogP contribution >= 0.6 is 0 Å². The number of nitrogens with two attached hydrogens (primary N) is 1. The molecular weight excluding hydrogens is 202 g/mol. The van der Waals surface area contributed by atoms with Crippen LogP contribution in [0.1, 0.15) is 18.1 Å². The van der Waals surface area contributed by atoms with Crippen LogP contribution in [0.4, 0.5) is 0 Å². The molecule has 1 amide bonds. The van der Waals surface area contributed by atoms with Crippen molar-refractivity contribution in [2.24, 2.45) is 5.84 Å². The molecule has 1 aromatic rings. The molecule has 0 atom stereocenters. The maximum Gasteiger partial charge on any atom is 0.238 e. The zero-order valence-electron chi connectivity index (χ0n) is 9.86. The summed E-state index contributed by atoms with van der Waals surface area (Å²) in [6.07, 6.45) is 0.334. The molecule has 0 unspecified atom stereocenters. The zero-order chi connectivity index (χ0) is 12.0. The number of hydrazine groups is 1. The molecule has 3 N–H and O–H groups in total. The minimum absolute atomic E-state index is 0.168. The summed E-state index contributed by atoms with van der Waals surface area (Å²) in [6.45, 7) is 4.08. The standard InChI is InChI=1S/C12H19N3O/c1-3-15(2)9-11-6-4-10(5-7-11)8-12(16)14-13/h4-7H,3,8-9,13H2,1-2H3,(H,14,16). The van der Waals surface area contributed by atoms with Crippen LogP contribution in [0.25, 0.3) is 0 Å². The lowest BCUT2D eigenvalue weighted by molar-refractivity contribution is -0.120. The van der Waals surface area contributed by atoms with Crippen LogP contribution in [0.2, 0.25) is 0 Å². The second-order valence-corrected chi connectivity index (χ2v) is 3.89. The molecule has 0 aliphatic heterocycles. The van der Waals surface area contributed by atoms with Crippen molar-refractivity contribution in [1.82, 2.24) is 10.3 Å². The summed E-state index contributed by atoms with van der Waals surface area (Å²) in [7, 11) is 2.08. The summed E-state index contributed by atoms with van der Waals surface area (Å²) in [5.74, 6) is 4.86. The fourth-order valence-corrected chi connectivity index (χ4v) is 1.42. The fourth-order valence-electron chi connectivity index (χ4n) is 1.42. The normalized spacial score (nSPS) is 10.5. The Labute approximate surface area is 96.4 Å². The Kier molecular flexibility index (Phi) is 4.95. The monoisotopic (exact) mass is 221 g/mol. The van der Waals surface area contributed by atoms with Crippen LogP contribution in [0.5, 0.6) is 0 Å². The molecule has 0 radical (unpaired) electrons. The molecule has 1 rings (SSSR count). The van der Waals surface area contributed by atoms with Gasteiger partial charge < -0.3 is 4.90 Å². The number of amides is 1. The third kappa shape index (κ3) is 4.00. The van der Waals surface area contributed by atoms with Gasteiger partial charge in [-0.1, -0.05) is 31.2 Å². The number of rotatable bonds is 5. The number of nitrogens with zero attached hydrogens (tertiary/aromatic N) is 1. The largest absolute Gasteiger partial charge is 0.302 e. The molecule has 0 fully saturated rings. The van der Waals surface area contributed by atoms with Gasteiger partial charge in [-0.3, -0.25) is 10.2 Å². The molecule has 0 spiro atoms. The van der Waals surface area contributed by atoms with Crippen LogP contribution < -0.4 is 11.3 Å². The van der Waals surface area contributed by atoms with E-state index in [0.29, 0.717) is 6.42 Å². The first-order valence-electron chi connectivity index (χ1n) is 5.41. The first-order chi connectivity index (χ1) is 7.65. The highest BCUT2D eigenvalue weighted by molar-refractivity contribution is 5.77. The minimum atomic E-state index is -0.168. The molecule has 0 heterocycles. The third-order valence-electron chi connectivity index (χ3n) is 2.54. The predicted molar refractivity (Wildman–Crippen MR) is 64.5 cm³/mol. The van der Waals surface area contributed by atoms with Gasteiger partial charge in [0, 0.05) is 6.54 Å². The summed E-state index contributed by atoms with van der Waals surface area (Å²) >= 11 is 0. The van der Waals surface area contributed by atoms with Crippen LogP contribution in [-0.4, -0.2) is 24.4 Å². The average molecular weight is 221 g/mol.